The highest BCUT2D eigenvalue weighted by Crippen LogP contribution is 2.41. The molecule has 0 saturated heterocycles. The monoisotopic (exact) mass is 641 g/mol. The number of hydrogen-bond acceptors (Lipinski definition) is 6. The van der Waals surface area contributed by atoms with Crippen LogP contribution in [0.5, 0.6) is 0 Å². The van der Waals surface area contributed by atoms with E-state index >= 15 is 0 Å². The van der Waals surface area contributed by atoms with Gasteiger partial charge in [-0.3, -0.25) is 9.59 Å². The molecule has 0 amide bonds. The van der Waals surface area contributed by atoms with E-state index in [4.69, 9.17) is 18.6 Å². The lowest BCUT2D eigenvalue weighted by Gasteiger charge is -2.44. The highest BCUT2D eigenvalue weighted by Gasteiger charge is 2.44. The average Bonchev–Trinajstić information content (AvgIpc) is 2.92. The van der Waals surface area contributed by atoms with Crippen LogP contribution < -0.4 is 0 Å². The van der Waals surface area contributed by atoms with Gasteiger partial charge in [-0.1, -0.05) is 91.6 Å². The number of pyridine rings is 1. The van der Waals surface area contributed by atoms with Crippen molar-refractivity contribution in [2.75, 3.05) is 7.11 Å². The number of nitrogens with zero attached hydrogens (tertiary/aromatic N) is 1. The summed E-state index contributed by atoms with van der Waals surface area (Å²) < 4.78 is 19.1. The largest absolute Gasteiger partial charge is 0.469 e. The maximum atomic E-state index is 13.3. The van der Waals surface area contributed by atoms with E-state index in [1.54, 1.807) is 0 Å². The van der Waals surface area contributed by atoms with Crippen LogP contribution in [0.25, 0.3) is 16.8 Å². The van der Waals surface area contributed by atoms with Crippen molar-refractivity contribution in [1.82, 2.24) is 4.98 Å². The van der Waals surface area contributed by atoms with Crippen LogP contribution in [-0.4, -0.2) is 52.7 Å². The fourth-order valence-corrected chi connectivity index (χ4v) is 7.14. The lowest BCUT2D eigenvalue weighted by atomic mass is 10.0. The van der Waals surface area contributed by atoms with E-state index in [0.29, 0.717) is 31.4 Å². The van der Waals surface area contributed by atoms with Crippen LogP contribution in [0.15, 0.2) is 36.4 Å². The van der Waals surface area contributed by atoms with Gasteiger partial charge in [0.25, 0.3) is 0 Å². The quantitative estimate of drug-likeness (QED) is 0.0786. The molecule has 1 aromatic heterocycles. The van der Waals surface area contributed by atoms with Gasteiger partial charge in [0.15, 0.2) is 22.4 Å². The Hall–Kier alpha value is -2.14. The summed E-state index contributed by atoms with van der Waals surface area (Å²) in [5.41, 5.74) is 1.26. The zero-order valence-electron chi connectivity index (χ0n) is 29.6. The highest BCUT2D eigenvalue weighted by atomic mass is 28.4. The molecule has 8 heteroatoms. The first-order valence-corrected chi connectivity index (χ1v) is 22.2. The molecule has 246 valence electrons. The van der Waals surface area contributed by atoms with Gasteiger partial charge in [0.05, 0.1) is 25.0 Å². The SMILES string of the molecule is CCCCCC(=O)c1nc(/C=C/[C@@H](O[Si](C)(C)C(C)(C)C)[C@H](CCCC(=O)OC)O[Si](C)(C)C(C)(C)C)cc2ccccc12. The van der Waals surface area contributed by atoms with E-state index in [9.17, 15) is 9.59 Å². The Labute approximate surface area is 269 Å². The van der Waals surface area contributed by atoms with Gasteiger partial charge >= 0.3 is 5.97 Å². The maximum Gasteiger partial charge on any atom is 0.305 e. The van der Waals surface area contributed by atoms with Gasteiger partial charge in [0, 0.05) is 18.2 Å². The number of rotatable bonds is 16. The first-order valence-electron chi connectivity index (χ1n) is 16.4. The molecule has 0 aliphatic rings. The zero-order chi connectivity index (χ0) is 33.3. The molecule has 2 rings (SSSR count). The molecule has 0 aliphatic heterocycles. The number of ketones is 1. The molecule has 0 unspecified atom stereocenters. The number of carbonyl (C=O) groups excluding carboxylic acids is 2. The van der Waals surface area contributed by atoms with Crippen LogP contribution in [0.3, 0.4) is 0 Å². The maximum absolute atomic E-state index is 13.3. The Morgan fingerprint density at radius 1 is 0.886 bits per heavy atom. The summed E-state index contributed by atoms with van der Waals surface area (Å²) >= 11 is 0. The normalized spacial score (nSPS) is 14.6. The predicted molar refractivity (Wildman–Crippen MR) is 189 cm³/mol. The van der Waals surface area contributed by atoms with Crippen molar-refractivity contribution in [2.45, 2.75) is 142 Å². The number of benzene rings is 1. The zero-order valence-corrected chi connectivity index (χ0v) is 31.6. The van der Waals surface area contributed by atoms with Crippen molar-refractivity contribution in [3.63, 3.8) is 0 Å². The molecule has 44 heavy (non-hydrogen) atoms. The fraction of sp³-hybridized carbons (Fsp3) is 0.639. The van der Waals surface area contributed by atoms with Crippen LogP contribution >= 0.6 is 0 Å². The minimum absolute atomic E-state index is 0.00573. The number of methoxy groups -OCH3 is 1. The Morgan fingerprint density at radius 2 is 1.50 bits per heavy atom. The van der Waals surface area contributed by atoms with Crippen LogP contribution in [0.2, 0.25) is 36.3 Å². The third-order valence-electron chi connectivity index (χ3n) is 9.44. The number of Topliss-reactive ketones (excluding diaryl/α,β-unsaturated/α-hetero) is 1. The van der Waals surface area contributed by atoms with E-state index in [-0.39, 0.29) is 34.0 Å². The number of esters is 1. The molecule has 0 radical (unpaired) electrons. The molecular formula is C36H59NO5Si2. The van der Waals surface area contributed by atoms with Crippen LogP contribution in [-0.2, 0) is 18.4 Å². The van der Waals surface area contributed by atoms with Gasteiger partial charge in [-0.25, -0.2) is 4.98 Å². The molecule has 0 fully saturated rings. The summed E-state index contributed by atoms with van der Waals surface area (Å²) in [5, 5.41) is 1.88. The van der Waals surface area contributed by atoms with Crippen molar-refractivity contribution < 1.29 is 23.2 Å². The van der Waals surface area contributed by atoms with E-state index in [1.807, 2.05) is 36.4 Å². The summed E-state index contributed by atoms with van der Waals surface area (Å²) in [7, 11) is -3.00. The standard InChI is InChI=1S/C36H59NO5Si2/c1-13-14-15-21-30(38)34-29-20-17-16-19-27(29)26-28(37-34)24-25-32(42-44(11,12)36(5,6)7)31(22-18-23-33(39)40-8)41-43(9,10)35(2,3)4/h16-17,19-20,24-26,31-32H,13-15,18,21-23H2,1-12H3/b25-24+/t31-,32+/m0/s1. The van der Waals surface area contributed by atoms with Crippen LogP contribution in [0.1, 0.15) is 110 Å². The number of hydrogen-bond donors (Lipinski definition) is 0. The predicted octanol–water partition coefficient (Wildman–Crippen LogP) is 10.1. The summed E-state index contributed by atoms with van der Waals surface area (Å²) in [6.07, 6.45) is 8.58. The molecule has 0 N–H and O–H groups in total. The Balaban J connectivity index is 2.61. The van der Waals surface area contributed by atoms with E-state index in [2.05, 4.69) is 80.7 Å². The molecule has 0 aliphatic carbocycles. The number of unbranched alkanes of at least 4 members (excludes halogenated alkanes) is 2. The van der Waals surface area contributed by atoms with Gasteiger partial charge in [0.1, 0.15) is 5.69 Å². The second kappa shape index (κ2) is 15.9. The molecular weight excluding hydrogens is 583 g/mol. The van der Waals surface area contributed by atoms with Crippen molar-refractivity contribution in [3.05, 3.63) is 47.8 Å². The van der Waals surface area contributed by atoms with Gasteiger partial charge < -0.3 is 13.6 Å². The first kappa shape index (κ1) is 38.0. The second-order valence-electron chi connectivity index (χ2n) is 15.1. The molecule has 0 bridgehead atoms. The van der Waals surface area contributed by atoms with E-state index < -0.39 is 16.6 Å². The highest BCUT2D eigenvalue weighted by molar-refractivity contribution is 6.74. The topological polar surface area (TPSA) is 74.7 Å². The summed E-state index contributed by atoms with van der Waals surface area (Å²) in [4.78, 5) is 30.2. The Bertz CT molecular complexity index is 1270. The van der Waals surface area contributed by atoms with Gasteiger partial charge in [-0.05, 0) is 73.1 Å². The van der Waals surface area contributed by atoms with Crippen molar-refractivity contribution in [2.24, 2.45) is 0 Å². The summed E-state index contributed by atoms with van der Waals surface area (Å²) in [5.74, 6) is -0.133. The Kier molecular flexibility index (Phi) is 13.8. The smallest absolute Gasteiger partial charge is 0.305 e. The lowest BCUT2D eigenvalue weighted by Crippen LogP contribution is -2.51. The molecule has 2 aromatic rings. The van der Waals surface area contributed by atoms with Gasteiger partial charge in [-0.15, -0.1) is 0 Å². The minimum atomic E-state index is -2.23. The molecule has 0 saturated carbocycles. The fourth-order valence-electron chi connectivity index (χ4n) is 4.52. The lowest BCUT2D eigenvalue weighted by molar-refractivity contribution is -0.140. The number of ether oxygens (including phenoxy) is 1. The third-order valence-corrected chi connectivity index (χ3v) is 18.4. The summed E-state index contributed by atoms with van der Waals surface area (Å²) in [6, 6.07) is 10.0. The number of aromatic nitrogens is 1. The van der Waals surface area contributed by atoms with Crippen molar-refractivity contribution in [1.29, 1.82) is 0 Å². The molecule has 2 atom stereocenters. The number of carbonyl (C=O) groups is 2. The van der Waals surface area contributed by atoms with Crippen LogP contribution in [0.4, 0.5) is 0 Å². The third kappa shape index (κ3) is 10.7. The van der Waals surface area contributed by atoms with Crippen molar-refractivity contribution in [3.8, 4) is 0 Å². The minimum Gasteiger partial charge on any atom is -0.469 e. The molecule has 1 heterocycles. The van der Waals surface area contributed by atoms with Crippen LogP contribution in [0, 0.1) is 0 Å². The average molecular weight is 642 g/mol. The summed E-state index contributed by atoms with van der Waals surface area (Å²) in [6.45, 7) is 24.6. The van der Waals surface area contributed by atoms with E-state index in [1.165, 1.54) is 7.11 Å². The first-order chi connectivity index (χ1) is 20.3. The molecule has 0 spiro atoms. The Morgan fingerprint density at radius 3 is 2.09 bits per heavy atom. The van der Waals surface area contributed by atoms with Crippen molar-refractivity contribution >= 4 is 45.2 Å². The van der Waals surface area contributed by atoms with E-state index in [0.717, 1.165) is 35.7 Å². The molecule has 6 nitrogen and oxygen atoms in total. The van der Waals surface area contributed by atoms with Gasteiger partial charge in [-0.2, -0.15) is 0 Å². The van der Waals surface area contributed by atoms with Gasteiger partial charge in [0.2, 0.25) is 0 Å². The molecule has 1 aromatic carbocycles. The number of fused-ring (bicyclic) bond motifs is 1. The second-order valence-corrected chi connectivity index (χ2v) is 24.6.